The standard InChI is InChI=1S/C15H14N2O4/c1-21-14-7-2-10(8-13(14)19)9-16-17-15(20)11-3-5-12(18)6-4-11/h2-9,18-19H,1H3,(H,17,20)/b16-9+. The Hall–Kier alpha value is -3.02. The number of hydrogen-bond donors (Lipinski definition) is 3. The molecule has 0 aliphatic carbocycles. The predicted octanol–water partition coefficient (Wildman–Crippen LogP) is 1.87. The molecule has 108 valence electrons. The fourth-order valence-corrected chi connectivity index (χ4v) is 1.63. The first kappa shape index (κ1) is 14.4. The summed E-state index contributed by atoms with van der Waals surface area (Å²) in [5.74, 6) is 0.0410. The van der Waals surface area contributed by atoms with E-state index in [9.17, 15) is 9.90 Å². The van der Waals surface area contributed by atoms with E-state index < -0.39 is 5.91 Å². The lowest BCUT2D eigenvalue weighted by atomic mass is 10.2. The number of nitrogens with one attached hydrogen (secondary N) is 1. The first-order valence-corrected chi connectivity index (χ1v) is 6.09. The van der Waals surface area contributed by atoms with Crippen molar-refractivity contribution in [3.8, 4) is 17.2 Å². The van der Waals surface area contributed by atoms with Gasteiger partial charge in [-0.3, -0.25) is 4.79 Å². The van der Waals surface area contributed by atoms with Gasteiger partial charge in [-0.15, -0.1) is 0 Å². The van der Waals surface area contributed by atoms with Crippen molar-refractivity contribution in [2.45, 2.75) is 0 Å². The van der Waals surface area contributed by atoms with Crippen LogP contribution in [0.25, 0.3) is 0 Å². The summed E-state index contributed by atoms with van der Waals surface area (Å²) >= 11 is 0. The lowest BCUT2D eigenvalue weighted by Gasteiger charge is -2.03. The van der Waals surface area contributed by atoms with E-state index in [2.05, 4.69) is 10.5 Å². The molecule has 1 amide bonds. The van der Waals surface area contributed by atoms with E-state index >= 15 is 0 Å². The molecule has 0 atom stereocenters. The molecule has 0 saturated carbocycles. The van der Waals surface area contributed by atoms with Gasteiger partial charge in [-0.05, 0) is 48.0 Å². The van der Waals surface area contributed by atoms with Crippen LogP contribution < -0.4 is 10.2 Å². The molecule has 0 aliphatic heterocycles. The fraction of sp³-hybridized carbons (Fsp3) is 0.0667. The van der Waals surface area contributed by atoms with Crippen molar-refractivity contribution in [3.05, 3.63) is 53.6 Å². The number of methoxy groups -OCH3 is 1. The molecule has 2 rings (SSSR count). The molecule has 0 aliphatic rings. The van der Waals surface area contributed by atoms with Gasteiger partial charge < -0.3 is 14.9 Å². The number of benzene rings is 2. The van der Waals surface area contributed by atoms with Gasteiger partial charge in [0.15, 0.2) is 11.5 Å². The predicted molar refractivity (Wildman–Crippen MR) is 77.8 cm³/mol. The van der Waals surface area contributed by atoms with Crippen molar-refractivity contribution in [2.24, 2.45) is 5.10 Å². The van der Waals surface area contributed by atoms with Crippen molar-refractivity contribution in [2.75, 3.05) is 7.11 Å². The number of amides is 1. The molecule has 2 aromatic carbocycles. The molecular weight excluding hydrogens is 272 g/mol. The number of nitrogens with zero attached hydrogens (tertiary/aromatic N) is 1. The van der Waals surface area contributed by atoms with E-state index in [0.717, 1.165) is 0 Å². The van der Waals surface area contributed by atoms with Gasteiger partial charge in [0.2, 0.25) is 0 Å². The number of phenols is 2. The van der Waals surface area contributed by atoms with Crippen molar-refractivity contribution in [1.29, 1.82) is 0 Å². The van der Waals surface area contributed by atoms with Crippen LogP contribution in [0.3, 0.4) is 0 Å². The van der Waals surface area contributed by atoms with Crippen molar-refractivity contribution >= 4 is 12.1 Å². The summed E-state index contributed by atoms with van der Waals surface area (Å²) in [5.41, 5.74) is 3.34. The van der Waals surface area contributed by atoms with Crippen LogP contribution >= 0.6 is 0 Å². The molecule has 0 fully saturated rings. The minimum absolute atomic E-state index is 0.00805. The van der Waals surface area contributed by atoms with Crippen LogP contribution in [0, 0.1) is 0 Å². The molecule has 6 heteroatoms. The van der Waals surface area contributed by atoms with Crippen LogP contribution in [0.1, 0.15) is 15.9 Å². The second-order valence-corrected chi connectivity index (χ2v) is 4.18. The highest BCUT2D eigenvalue weighted by molar-refractivity contribution is 5.95. The zero-order valence-electron chi connectivity index (χ0n) is 11.3. The molecule has 3 N–H and O–H groups in total. The highest BCUT2D eigenvalue weighted by Gasteiger charge is 2.04. The summed E-state index contributed by atoms with van der Waals surface area (Å²) in [6.45, 7) is 0. The smallest absolute Gasteiger partial charge is 0.271 e. The van der Waals surface area contributed by atoms with Crippen LogP contribution in [0.5, 0.6) is 17.2 Å². The first-order chi connectivity index (χ1) is 10.1. The van der Waals surface area contributed by atoms with Crippen molar-refractivity contribution in [3.63, 3.8) is 0 Å². The largest absolute Gasteiger partial charge is 0.508 e. The van der Waals surface area contributed by atoms with Gasteiger partial charge in [0.25, 0.3) is 5.91 Å². The van der Waals surface area contributed by atoms with E-state index in [4.69, 9.17) is 9.84 Å². The number of aromatic hydroxyl groups is 2. The van der Waals surface area contributed by atoms with E-state index in [-0.39, 0.29) is 11.5 Å². The van der Waals surface area contributed by atoms with Crippen LogP contribution in [-0.4, -0.2) is 29.4 Å². The summed E-state index contributed by atoms with van der Waals surface area (Å²) in [6, 6.07) is 10.6. The van der Waals surface area contributed by atoms with Crippen LogP contribution in [-0.2, 0) is 0 Å². The second kappa shape index (κ2) is 6.42. The Morgan fingerprint density at radius 2 is 1.90 bits per heavy atom. The maximum atomic E-state index is 11.7. The summed E-state index contributed by atoms with van der Waals surface area (Å²) < 4.78 is 4.93. The van der Waals surface area contributed by atoms with Gasteiger partial charge in [0.05, 0.1) is 13.3 Å². The molecule has 0 heterocycles. The van der Waals surface area contributed by atoms with Gasteiger partial charge in [-0.2, -0.15) is 5.10 Å². The Balaban J connectivity index is 2.00. The zero-order valence-corrected chi connectivity index (χ0v) is 11.3. The summed E-state index contributed by atoms with van der Waals surface area (Å²) in [6.07, 6.45) is 1.40. The van der Waals surface area contributed by atoms with Crippen molar-refractivity contribution < 1.29 is 19.7 Å². The highest BCUT2D eigenvalue weighted by atomic mass is 16.5. The van der Waals surface area contributed by atoms with Crippen molar-refractivity contribution in [1.82, 2.24) is 5.43 Å². The van der Waals surface area contributed by atoms with Crippen LogP contribution in [0.2, 0.25) is 0 Å². The maximum Gasteiger partial charge on any atom is 0.271 e. The minimum Gasteiger partial charge on any atom is -0.508 e. The number of hydrogen-bond acceptors (Lipinski definition) is 5. The van der Waals surface area contributed by atoms with Crippen LogP contribution in [0.4, 0.5) is 0 Å². The second-order valence-electron chi connectivity index (χ2n) is 4.18. The van der Waals surface area contributed by atoms with Gasteiger partial charge in [-0.25, -0.2) is 5.43 Å². The Kier molecular flexibility index (Phi) is 4.40. The fourth-order valence-electron chi connectivity index (χ4n) is 1.63. The third-order valence-electron chi connectivity index (χ3n) is 2.71. The molecule has 0 aromatic heterocycles. The SMILES string of the molecule is COc1ccc(/C=N/NC(=O)c2ccc(O)cc2)cc1O. The van der Waals surface area contributed by atoms with Gasteiger partial charge >= 0.3 is 0 Å². The molecule has 2 aromatic rings. The minimum atomic E-state index is -0.399. The number of carbonyl (C=O) groups is 1. The quantitative estimate of drug-likeness (QED) is 0.591. The summed E-state index contributed by atoms with van der Waals surface area (Å²) in [7, 11) is 1.46. The molecule has 0 bridgehead atoms. The highest BCUT2D eigenvalue weighted by Crippen LogP contribution is 2.25. The Morgan fingerprint density at radius 3 is 2.52 bits per heavy atom. The molecule has 0 saturated heterocycles. The van der Waals surface area contributed by atoms with E-state index in [1.165, 1.54) is 43.7 Å². The molecule has 0 radical (unpaired) electrons. The van der Waals surface area contributed by atoms with Crippen LogP contribution in [0.15, 0.2) is 47.6 Å². The maximum absolute atomic E-state index is 11.7. The van der Waals surface area contributed by atoms with E-state index in [0.29, 0.717) is 16.9 Å². The zero-order chi connectivity index (χ0) is 15.2. The van der Waals surface area contributed by atoms with Gasteiger partial charge in [0, 0.05) is 5.56 Å². The molecule has 0 unspecified atom stereocenters. The van der Waals surface area contributed by atoms with Gasteiger partial charge in [-0.1, -0.05) is 0 Å². The van der Waals surface area contributed by atoms with Gasteiger partial charge in [0.1, 0.15) is 5.75 Å². The Bertz CT molecular complexity index is 666. The number of carbonyl (C=O) groups excluding carboxylic acids is 1. The monoisotopic (exact) mass is 286 g/mol. The number of phenolic OH excluding ortho intramolecular Hbond substituents is 2. The first-order valence-electron chi connectivity index (χ1n) is 6.09. The molecule has 21 heavy (non-hydrogen) atoms. The molecule has 6 nitrogen and oxygen atoms in total. The Labute approximate surface area is 121 Å². The number of hydrazone groups is 1. The average molecular weight is 286 g/mol. The summed E-state index contributed by atoms with van der Waals surface area (Å²) in [4.78, 5) is 11.7. The summed E-state index contributed by atoms with van der Waals surface area (Å²) in [5, 5.41) is 22.5. The number of ether oxygens (including phenoxy) is 1. The number of rotatable bonds is 4. The third kappa shape index (κ3) is 3.73. The molecule has 0 spiro atoms. The average Bonchev–Trinajstić information content (AvgIpc) is 2.48. The van der Waals surface area contributed by atoms with E-state index in [1.807, 2.05) is 0 Å². The lowest BCUT2D eigenvalue weighted by Crippen LogP contribution is -2.17. The lowest BCUT2D eigenvalue weighted by molar-refractivity contribution is 0.0955. The Morgan fingerprint density at radius 1 is 1.19 bits per heavy atom. The third-order valence-corrected chi connectivity index (χ3v) is 2.71. The topological polar surface area (TPSA) is 91.2 Å². The normalized spacial score (nSPS) is 10.5. The van der Waals surface area contributed by atoms with E-state index in [1.54, 1.807) is 12.1 Å². The molecular formula is C15H14N2O4.